The highest BCUT2D eigenvalue weighted by atomic mass is 31.2. The summed E-state index contributed by atoms with van der Waals surface area (Å²) in [5.74, 6) is 0. The number of hydrogen-bond donors (Lipinski definition) is 1. The van der Waals surface area contributed by atoms with Crippen LogP contribution in [0.1, 0.15) is 6.92 Å². The molecule has 0 aromatic heterocycles. The van der Waals surface area contributed by atoms with Crippen LogP contribution in [0, 0.1) is 0 Å². The maximum atomic E-state index is 10.9. The summed E-state index contributed by atoms with van der Waals surface area (Å²) in [4.78, 5) is 0. The van der Waals surface area contributed by atoms with Gasteiger partial charge in [0.15, 0.2) is 0 Å². The minimum absolute atomic E-state index is 0.670. The molecule has 0 radical (unpaired) electrons. The predicted octanol–water partition coefficient (Wildman–Crippen LogP) is 1.18. The molecule has 0 aliphatic rings. The Bertz CT molecular complexity index is 96.6. The number of nitrogens with one attached hydrogen (secondary N) is 1. The van der Waals surface area contributed by atoms with Crippen LogP contribution in [0.5, 0.6) is 0 Å². The molecule has 0 heterocycles. The molecule has 0 aromatic rings. The first kappa shape index (κ1) is 8.19. The molecule has 0 fully saturated rings. The summed E-state index contributed by atoms with van der Waals surface area (Å²) in [5, 5.41) is 3.03. The van der Waals surface area contributed by atoms with Gasteiger partial charge in [-0.15, -0.1) is 0 Å². The van der Waals surface area contributed by atoms with E-state index in [0.29, 0.717) is 6.29 Å². The maximum Gasteiger partial charge on any atom is 0.0949 e. The molecule has 0 rings (SSSR count). The Morgan fingerprint density at radius 3 is 2.12 bits per heavy atom. The van der Waals surface area contributed by atoms with Crippen LogP contribution in [0.25, 0.3) is 0 Å². The molecule has 50 valence electrons. The quantitative estimate of drug-likeness (QED) is 0.588. The van der Waals surface area contributed by atoms with Crippen molar-refractivity contribution in [2.45, 2.75) is 6.92 Å². The molecule has 2 nitrogen and oxygen atoms in total. The van der Waals surface area contributed by atoms with E-state index in [-0.39, 0.29) is 0 Å². The van der Waals surface area contributed by atoms with E-state index < -0.39 is 7.14 Å². The molecular formula is C5H14NOP. The van der Waals surface area contributed by atoms with Crippen molar-refractivity contribution in [2.75, 3.05) is 26.2 Å². The molecule has 3 heteroatoms. The van der Waals surface area contributed by atoms with E-state index in [0.717, 1.165) is 6.54 Å². The van der Waals surface area contributed by atoms with E-state index >= 15 is 0 Å². The Kier molecular flexibility index (Phi) is 3.34. The van der Waals surface area contributed by atoms with Crippen LogP contribution in [0.3, 0.4) is 0 Å². The number of rotatable bonds is 3. The SMILES string of the molecule is CCNCP(C)(C)=O. The third kappa shape index (κ3) is 6.19. The van der Waals surface area contributed by atoms with Crippen LogP contribution in [-0.4, -0.2) is 26.2 Å². The highest BCUT2D eigenvalue weighted by Gasteiger charge is 2.02. The molecule has 0 spiro atoms. The average Bonchev–Trinajstić information content (AvgIpc) is 1.59. The first-order valence-electron chi connectivity index (χ1n) is 2.81. The van der Waals surface area contributed by atoms with E-state index in [2.05, 4.69) is 5.32 Å². The minimum atomic E-state index is -1.79. The fraction of sp³-hybridized carbons (Fsp3) is 1.00. The Hall–Kier alpha value is 0.190. The van der Waals surface area contributed by atoms with Gasteiger partial charge in [-0.05, 0) is 19.9 Å². The van der Waals surface area contributed by atoms with E-state index in [4.69, 9.17) is 0 Å². The molecular weight excluding hydrogens is 121 g/mol. The molecule has 0 amide bonds. The summed E-state index contributed by atoms with van der Waals surface area (Å²) in [6.07, 6.45) is 0.670. The van der Waals surface area contributed by atoms with Crippen LogP contribution >= 0.6 is 7.14 Å². The highest BCUT2D eigenvalue weighted by Crippen LogP contribution is 2.33. The standard InChI is InChI=1S/C5H14NOP/c1-4-6-5-8(2,3)7/h6H,4-5H2,1-3H3. The molecule has 0 aliphatic heterocycles. The highest BCUT2D eigenvalue weighted by molar-refractivity contribution is 7.62. The molecule has 0 saturated heterocycles. The van der Waals surface area contributed by atoms with Gasteiger partial charge in [-0.3, -0.25) is 0 Å². The first-order valence-corrected chi connectivity index (χ1v) is 5.59. The Balaban J connectivity index is 3.26. The largest absolute Gasteiger partial charge is 0.323 e. The van der Waals surface area contributed by atoms with Crippen LogP contribution in [-0.2, 0) is 4.57 Å². The van der Waals surface area contributed by atoms with Crippen LogP contribution < -0.4 is 5.32 Å². The van der Waals surface area contributed by atoms with Crippen molar-refractivity contribution in [1.82, 2.24) is 5.32 Å². The Morgan fingerprint density at radius 2 is 2.00 bits per heavy atom. The molecule has 0 aliphatic carbocycles. The zero-order valence-corrected chi connectivity index (χ0v) is 6.66. The fourth-order valence-electron chi connectivity index (χ4n) is 0.381. The molecule has 0 aromatic carbocycles. The van der Waals surface area contributed by atoms with E-state index in [9.17, 15) is 4.57 Å². The fourth-order valence-corrected chi connectivity index (χ4v) is 1.14. The van der Waals surface area contributed by atoms with Gasteiger partial charge in [-0.2, -0.15) is 0 Å². The second kappa shape index (κ2) is 3.26. The summed E-state index contributed by atoms with van der Waals surface area (Å²) in [5.41, 5.74) is 0. The lowest BCUT2D eigenvalue weighted by Crippen LogP contribution is -2.13. The lowest BCUT2D eigenvalue weighted by atomic mass is 10.8. The third-order valence-corrected chi connectivity index (χ3v) is 1.73. The van der Waals surface area contributed by atoms with Crippen molar-refractivity contribution < 1.29 is 4.57 Å². The predicted molar refractivity (Wildman–Crippen MR) is 38.0 cm³/mol. The summed E-state index contributed by atoms with van der Waals surface area (Å²) in [6, 6.07) is 0. The van der Waals surface area contributed by atoms with Crippen LogP contribution in [0.15, 0.2) is 0 Å². The maximum absolute atomic E-state index is 10.9. The zero-order chi connectivity index (χ0) is 6.62. The van der Waals surface area contributed by atoms with Gasteiger partial charge in [-0.25, -0.2) is 0 Å². The van der Waals surface area contributed by atoms with Crippen molar-refractivity contribution in [3.05, 3.63) is 0 Å². The van der Waals surface area contributed by atoms with Gasteiger partial charge < -0.3 is 9.88 Å². The zero-order valence-electron chi connectivity index (χ0n) is 5.77. The second-order valence-electron chi connectivity index (χ2n) is 2.34. The van der Waals surface area contributed by atoms with Gasteiger partial charge in [-0.1, -0.05) is 6.92 Å². The van der Waals surface area contributed by atoms with E-state index in [1.807, 2.05) is 6.92 Å². The summed E-state index contributed by atoms with van der Waals surface area (Å²) < 4.78 is 10.9. The summed E-state index contributed by atoms with van der Waals surface area (Å²) in [6.45, 7) is 6.49. The molecule has 1 N–H and O–H groups in total. The van der Waals surface area contributed by atoms with Gasteiger partial charge in [0.25, 0.3) is 0 Å². The van der Waals surface area contributed by atoms with Gasteiger partial charge in [0.1, 0.15) is 0 Å². The average molecular weight is 135 g/mol. The lowest BCUT2D eigenvalue weighted by Gasteiger charge is -2.04. The summed E-state index contributed by atoms with van der Waals surface area (Å²) in [7, 11) is -1.79. The normalized spacial score (nSPS) is 11.9. The smallest absolute Gasteiger partial charge is 0.0949 e. The Morgan fingerprint density at radius 1 is 1.50 bits per heavy atom. The van der Waals surface area contributed by atoms with Gasteiger partial charge in [0.2, 0.25) is 0 Å². The molecule has 0 bridgehead atoms. The van der Waals surface area contributed by atoms with Crippen LogP contribution in [0.4, 0.5) is 0 Å². The van der Waals surface area contributed by atoms with Crippen LogP contribution in [0.2, 0.25) is 0 Å². The van der Waals surface area contributed by atoms with Gasteiger partial charge in [0, 0.05) is 6.29 Å². The summed E-state index contributed by atoms with van der Waals surface area (Å²) >= 11 is 0. The molecule has 0 atom stereocenters. The number of hydrogen-bond acceptors (Lipinski definition) is 2. The van der Waals surface area contributed by atoms with Crippen molar-refractivity contribution in [2.24, 2.45) is 0 Å². The minimum Gasteiger partial charge on any atom is -0.323 e. The molecule has 0 unspecified atom stereocenters. The second-order valence-corrected chi connectivity index (χ2v) is 5.80. The van der Waals surface area contributed by atoms with E-state index in [1.54, 1.807) is 13.3 Å². The van der Waals surface area contributed by atoms with Crippen molar-refractivity contribution in [3.8, 4) is 0 Å². The van der Waals surface area contributed by atoms with Gasteiger partial charge in [0.05, 0.1) is 7.14 Å². The molecule has 8 heavy (non-hydrogen) atoms. The Labute approximate surface area is 51.0 Å². The topological polar surface area (TPSA) is 29.1 Å². The van der Waals surface area contributed by atoms with Crippen molar-refractivity contribution in [1.29, 1.82) is 0 Å². The monoisotopic (exact) mass is 135 g/mol. The first-order chi connectivity index (χ1) is 3.56. The van der Waals surface area contributed by atoms with E-state index in [1.165, 1.54) is 0 Å². The lowest BCUT2D eigenvalue weighted by molar-refractivity contribution is 0.577. The third-order valence-electron chi connectivity index (χ3n) is 0.743. The van der Waals surface area contributed by atoms with Crippen molar-refractivity contribution in [3.63, 3.8) is 0 Å². The van der Waals surface area contributed by atoms with Gasteiger partial charge >= 0.3 is 0 Å². The molecule has 0 saturated carbocycles. The van der Waals surface area contributed by atoms with Crippen molar-refractivity contribution >= 4 is 7.14 Å².